The van der Waals surface area contributed by atoms with Crippen molar-refractivity contribution in [1.29, 1.82) is 5.26 Å². The van der Waals surface area contributed by atoms with Crippen molar-refractivity contribution < 1.29 is 13.2 Å². The van der Waals surface area contributed by atoms with Crippen molar-refractivity contribution in [3.05, 3.63) is 35.4 Å². The van der Waals surface area contributed by atoms with E-state index in [-0.39, 0.29) is 24.4 Å². The molecular formula is C15H21N3O3S. The van der Waals surface area contributed by atoms with E-state index in [1.807, 2.05) is 6.07 Å². The van der Waals surface area contributed by atoms with Crippen LogP contribution in [-0.4, -0.2) is 45.1 Å². The van der Waals surface area contributed by atoms with Crippen LogP contribution < -0.4 is 5.73 Å². The molecule has 0 aromatic heterocycles. The van der Waals surface area contributed by atoms with E-state index in [2.05, 4.69) is 0 Å². The summed E-state index contributed by atoms with van der Waals surface area (Å²) in [5.41, 5.74) is 6.82. The molecule has 1 heterocycles. The zero-order valence-electron chi connectivity index (χ0n) is 12.6. The maximum Gasteiger partial charge on any atom is 0.218 e. The van der Waals surface area contributed by atoms with Crippen LogP contribution in [0.15, 0.2) is 24.3 Å². The predicted molar refractivity (Wildman–Crippen MR) is 83.4 cm³/mol. The molecule has 0 aliphatic carbocycles. The summed E-state index contributed by atoms with van der Waals surface area (Å²) in [5.74, 6) is -0.114. The van der Waals surface area contributed by atoms with E-state index < -0.39 is 10.0 Å². The Kier molecular flexibility index (Phi) is 5.53. The Bertz CT molecular complexity index is 654. The highest BCUT2D eigenvalue weighted by Gasteiger charge is 2.35. The number of nitrogens with zero attached hydrogens (tertiary/aromatic N) is 2. The molecular weight excluding hydrogens is 302 g/mol. The predicted octanol–water partition coefficient (Wildman–Crippen LogP) is 0.826. The van der Waals surface area contributed by atoms with E-state index in [9.17, 15) is 8.42 Å². The van der Waals surface area contributed by atoms with Gasteiger partial charge in [-0.1, -0.05) is 12.1 Å². The van der Waals surface area contributed by atoms with E-state index in [1.165, 1.54) is 4.31 Å². The quantitative estimate of drug-likeness (QED) is 0.865. The van der Waals surface area contributed by atoms with Crippen LogP contribution in [0.25, 0.3) is 0 Å². The summed E-state index contributed by atoms with van der Waals surface area (Å²) in [4.78, 5) is 0. The second-order valence-electron chi connectivity index (χ2n) is 5.45. The number of benzene rings is 1. The molecule has 0 spiro atoms. The van der Waals surface area contributed by atoms with Gasteiger partial charge in [0.25, 0.3) is 0 Å². The Morgan fingerprint density at radius 1 is 1.50 bits per heavy atom. The van der Waals surface area contributed by atoms with Crippen molar-refractivity contribution in [1.82, 2.24) is 4.31 Å². The van der Waals surface area contributed by atoms with Gasteiger partial charge in [0.1, 0.15) is 0 Å². The monoisotopic (exact) mass is 323 g/mol. The topological polar surface area (TPSA) is 96.4 Å². The molecule has 120 valence electrons. The molecule has 1 saturated heterocycles. The first-order valence-electron chi connectivity index (χ1n) is 7.21. The lowest BCUT2D eigenvalue weighted by molar-refractivity contribution is 0.0401. The van der Waals surface area contributed by atoms with Crippen molar-refractivity contribution in [2.24, 2.45) is 5.73 Å². The average Bonchev–Trinajstić information content (AvgIpc) is 2.53. The van der Waals surface area contributed by atoms with Gasteiger partial charge in [0.15, 0.2) is 0 Å². The van der Waals surface area contributed by atoms with Gasteiger partial charge in [0.2, 0.25) is 10.0 Å². The first-order valence-corrected chi connectivity index (χ1v) is 8.82. The maximum absolute atomic E-state index is 12.7. The molecule has 1 aliphatic heterocycles. The summed E-state index contributed by atoms with van der Waals surface area (Å²) >= 11 is 0. The van der Waals surface area contributed by atoms with E-state index in [4.69, 9.17) is 15.7 Å². The summed E-state index contributed by atoms with van der Waals surface area (Å²) in [7, 11) is -1.83. The normalized spacial score (nSPS) is 23.1. The number of nitrogens with two attached hydrogens (primary N) is 1. The zero-order chi connectivity index (χ0) is 16.2. The Labute approximate surface area is 131 Å². The molecule has 1 fully saturated rings. The van der Waals surface area contributed by atoms with E-state index in [0.29, 0.717) is 30.5 Å². The van der Waals surface area contributed by atoms with Crippen molar-refractivity contribution in [2.75, 3.05) is 20.2 Å². The van der Waals surface area contributed by atoms with Crippen LogP contribution >= 0.6 is 0 Å². The van der Waals surface area contributed by atoms with E-state index in [1.54, 1.807) is 31.4 Å². The van der Waals surface area contributed by atoms with Crippen molar-refractivity contribution in [3.8, 4) is 6.07 Å². The third kappa shape index (κ3) is 3.84. The van der Waals surface area contributed by atoms with E-state index >= 15 is 0 Å². The molecule has 0 saturated carbocycles. The first kappa shape index (κ1) is 16.9. The van der Waals surface area contributed by atoms with Crippen LogP contribution in [0.4, 0.5) is 0 Å². The number of sulfonamides is 1. The molecule has 2 atom stereocenters. The lowest BCUT2D eigenvalue weighted by atomic mass is 10.0. The summed E-state index contributed by atoms with van der Waals surface area (Å²) in [6, 6.07) is 8.47. The molecule has 2 unspecified atom stereocenters. The third-order valence-electron chi connectivity index (χ3n) is 3.98. The van der Waals surface area contributed by atoms with Crippen LogP contribution in [0, 0.1) is 11.3 Å². The molecule has 2 N–H and O–H groups in total. The zero-order valence-corrected chi connectivity index (χ0v) is 13.4. The number of ether oxygens (including phenoxy) is 1. The van der Waals surface area contributed by atoms with Crippen molar-refractivity contribution in [2.45, 2.75) is 30.7 Å². The van der Waals surface area contributed by atoms with Crippen LogP contribution in [0.5, 0.6) is 0 Å². The highest BCUT2D eigenvalue weighted by atomic mass is 32.2. The SMILES string of the molecule is COC1CCN(S(=O)(=O)Cc2cccc(C#N)c2)C(CN)C1. The van der Waals surface area contributed by atoms with Crippen LogP contribution in [0.1, 0.15) is 24.0 Å². The van der Waals surface area contributed by atoms with Gasteiger partial charge in [0, 0.05) is 26.2 Å². The number of nitriles is 1. The van der Waals surface area contributed by atoms with Gasteiger partial charge in [-0.3, -0.25) is 0 Å². The van der Waals surface area contributed by atoms with E-state index in [0.717, 1.165) is 0 Å². The summed E-state index contributed by atoms with van der Waals surface area (Å²) in [6.07, 6.45) is 1.34. The van der Waals surface area contributed by atoms with Gasteiger partial charge >= 0.3 is 0 Å². The largest absolute Gasteiger partial charge is 0.381 e. The summed E-state index contributed by atoms with van der Waals surface area (Å²) in [5, 5.41) is 8.91. The molecule has 0 amide bonds. The fourth-order valence-electron chi connectivity index (χ4n) is 2.81. The fourth-order valence-corrected chi connectivity index (χ4v) is 4.59. The molecule has 22 heavy (non-hydrogen) atoms. The molecule has 0 radical (unpaired) electrons. The number of rotatable bonds is 5. The Balaban J connectivity index is 2.17. The van der Waals surface area contributed by atoms with Crippen molar-refractivity contribution in [3.63, 3.8) is 0 Å². The molecule has 7 heteroatoms. The fraction of sp³-hybridized carbons (Fsp3) is 0.533. The lowest BCUT2D eigenvalue weighted by Crippen LogP contribution is -2.51. The highest BCUT2D eigenvalue weighted by Crippen LogP contribution is 2.24. The second kappa shape index (κ2) is 7.20. The Morgan fingerprint density at radius 3 is 2.91 bits per heavy atom. The van der Waals surface area contributed by atoms with Gasteiger partial charge in [-0.05, 0) is 30.5 Å². The Morgan fingerprint density at radius 2 is 2.27 bits per heavy atom. The van der Waals surface area contributed by atoms with Crippen LogP contribution in [-0.2, 0) is 20.5 Å². The van der Waals surface area contributed by atoms with Gasteiger partial charge in [-0.25, -0.2) is 8.42 Å². The van der Waals surface area contributed by atoms with Gasteiger partial charge in [-0.2, -0.15) is 9.57 Å². The van der Waals surface area contributed by atoms with Crippen molar-refractivity contribution >= 4 is 10.0 Å². The van der Waals surface area contributed by atoms with Gasteiger partial charge in [-0.15, -0.1) is 0 Å². The average molecular weight is 323 g/mol. The first-order chi connectivity index (χ1) is 10.5. The highest BCUT2D eigenvalue weighted by molar-refractivity contribution is 7.88. The van der Waals surface area contributed by atoms with Crippen LogP contribution in [0.2, 0.25) is 0 Å². The molecule has 6 nitrogen and oxygen atoms in total. The minimum Gasteiger partial charge on any atom is -0.381 e. The Hall–Kier alpha value is -1.46. The molecule has 1 aromatic rings. The summed E-state index contributed by atoms with van der Waals surface area (Å²) < 4.78 is 32.1. The molecule has 0 bridgehead atoms. The van der Waals surface area contributed by atoms with Crippen LogP contribution in [0.3, 0.4) is 0 Å². The standard InChI is InChI=1S/C15H21N3O3S/c1-21-15-5-6-18(14(8-15)10-17)22(19,20)11-13-4-2-3-12(7-13)9-16/h2-4,7,14-15H,5-6,8,10-11,17H2,1H3. The smallest absolute Gasteiger partial charge is 0.218 e. The minimum atomic E-state index is -3.47. The molecule has 2 rings (SSSR count). The number of hydrogen-bond donors (Lipinski definition) is 1. The maximum atomic E-state index is 12.7. The third-order valence-corrected chi connectivity index (χ3v) is 5.88. The minimum absolute atomic E-state index is 0.0573. The number of hydrogen-bond acceptors (Lipinski definition) is 5. The van der Waals surface area contributed by atoms with Gasteiger partial charge < -0.3 is 10.5 Å². The lowest BCUT2D eigenvalue weighted by Gasteiger charge is -2.37. The summed E-state index contributed by atoms with van der Waals surface area (Å²) in [6.45, 7) is 0.692. The number of methoxy groups -OCH3 is 1. The molecule has 1 aromatic carbocycles. The molecule has 1 aliphatic rings. The second-order valence-corrected chi connectivity index (χ2v) is 7.37. The van der Waals surface area contributed by atoms with Gasteiger partial charge in [0.05, 0.1) is 23.5 Å². The number of piperidine rings is 1.